The number of β-amino-alcohol motifs (C(OH)–C–C–N with tert-alkyl or cyclic N) is 1. The fraction of sp³-hybridized carbons (Fsp3) is 0.389. The Hall–Kier alpha value is -1.33. The molecular formula is C18H20Cl2N2O2. The first-order chi connectivity index (χ1) is 11.6. The van der Waals surface area contributed by atoms with Gasteiger partial charge in [0.15, 0.2) is 0 Å². The number of hydrogen-bond donors (Lipinski definition) is 1. The number of ether oxygens (including phenoxy) is 1. The van der Waals surface area contributed by atoms with Crippen LogP contribution in [-0.2, 0) is 0 Å². The molecule has 2 aromatic rings. The molecule has 2 heterocycles. The molecule has 6 heteroatoms. The smallest absolute Gasteiger partial charge is 0.121 e. The van der Waals surface area contributed by atoms with Crippen LogP contribution < -0.4 is 4.74 Å². The third kappa shape index (κ3) is 4.61. The zero-order valence-electron chi connectivity index (χ0n) is 13.2. The Morgan fingerprint density at radius 1 is 1.21 bits per heavy atom. The number of rotatable bonds is 5. The van der Waals surface area contributed by atoms with E-state index in [0.29, 0.717) is 16.6 Å². The fourth-order valence-corrected chi connectivity index (χ4v) is 3.16. The number of aliphatic hydroxyl groups excluding tert-OH is 1. The summed E-state index contributed by atoms with van der Waals surface area (Å²) < 4.78 is 5.99. The first-order valence-corrected chi connectivity index (χ1v) is 8.79. The van der Waals surface area contributed by atoms with Gasteiger partial charge < -0.3 is 14.7 Å². The van der Waals surface area contributed by atoms with Gasteiger partial charge >= 0.3 is 0 Å². The lowest BCUT2D eigenvalue weighted by Gasteiger charge is -2.33. The maximum atomic E-state index is 10.3. The number of halogens is 2. The Bertz CT molecular complexity index is 661. The molecule has 128 valence electrons. The summed E-state index contributed by atoms with van der Waals surface area (Å²) in [5, 5.41) is 11.3. The van der Waals surface area contributed by atoms with Crippen molar-refractivity contribution in [3.63, 3.8) is 0 Å². The molecule has 1 aliphatic rings. The zero-order chi connectivity index (χ0) is 16.9. The van der Waals surface area contributed by atoms with E-state index in [1.165, 1.54) is 0 Å². The Kier molecular flexibility index (Phi) is 5.95. The molecule has 1 atom stereocenters. The van der Waals surface area contributed by atoms with Crippen molar-refractivity contribution in [1.29, 1.82) is 0 Å². The van der Waals surface area contributed by atoms with Crippen LogP contribution in [0.5, 0.6) is 5.75 Å². The fourth-order valence-electron chi connectivity index (χ4n) is 2.88. The van der Waals surface area contributed by atoms with Crippen molar-refractivity contribution in [3.8, 4) is 5.75 Å². The van der Waals surface area contributed by atoms with Gasteiger partial charge in [-0.3, -0.25) is 4.98 Å². The predicted molar refractivity (Wildman–Crippen MR) is 95.7 cm³/mol. The average molecular weight is 367 g/mol. The number of aromatic nitrogens is 1. The van der Waals surface area contributed by atoms with E-state index in [1.807, 2.05) is 18.2 Å². The Labute approximate surface area is 152 Å². The molecule has 1 aromatic heterocycles. The summed E-state index contributed by atoms with van der Waals surface area (Å²) in [7, 11) is 0. The number of pyridine rings is 1. The van der Waals surface area contributed by atoms with Gasteiger partial charge in [-0.05, 0) is 31.0 Å². The van der Waals surface area contributed by atoms with Crippen molar-refractivity contribution in [2.45, 2.75) is 25.0 Å². The first kappa shape index (κ1) is 17.5. The minimum atomic E-state index is -0.508. The van der Waals surface area contributed by atoms with Crippen molar-refractivity contribution < 1.29 is 9.84 Å². The molecule has 0 amide bonds. The van der Waals surface area contributed by atoms with Gasteiger partial charge in [-0.1, -0.05) is 29.3 Å². The minimum Gasteiger partial charge on any atom is -0.490 e. The number of benzene rings is 1. The summed E-state index contributed by atoms with van der Waals surface area (Å²) in [6.45, 7) is 2.40. The predicted octanol–water partition coefficient (Wildman–Crippen LogP) is 3.97. The van der Waals surface area contributed by atoms with Gasteiger partial charge in [-0.25, -0.2) is 0 Å². The molecule has 1 N–H and O–H groups in total. The lowest BCUT2D eigenvalue weighted by molar-refractivity contribution is 0.0609. The van der Waals surface area contributed by atoms with Crippen molar-refractivity contribution in [2.24, 2.45) is 0 Å². The molecule has 1 fully saturated rings. The highest BCUT2D eigenvalue weighted by molar-refractivity contribution is 6.42. The summed E-state index contributed by atoms with van der Waals surface area (Å²) in [5.74, 6) is 0.748. The molecule has 24 heavy (non-hydrogen) atoms. The molecule has 3 rings (SSSR count). The summed E-state index contributed by atoms with van der Waals surface area (Å²) >= 11 is 11.9. The number of aliphatic hydroxyl groups is 1. The van der Waals surface area contributed by atoms with Gasteiger partial charge in [0.25, 0.3) is 0 Å². The van der Waals surface area contributed by atoms with E-state index in [0.717, 1.165) is 37.2 Å². The second kappa shape index (κ2) is 8.17. The number of hydrogen-bond acceptors (Lipinski definition) is 4. The number of nitrogens with zero attached hydrogens (tertiary/aromatic N) is 2. The van der Waals surface area contributed by atoms with E-state index in [1.54, 1.807) is 24.5 Å². The van der Waals surface area contributed by atoms with Crippen LogP contribution in [0.4, 0.5) is 0 Å². The molecule has 1 unspecified atom stereocenters. The Morgan fingerprint density at radius 3 is 2.67 bits per heavy atom. The molecule has 1 saturated heterocycles. The first-order valence-electron chi connectivity index (χ1n) is 8.04. The van der Waals surface area contributed by atoms with E-state index in [9.17, 15) is 5.11 Å². The second-order valence-corrected chi connectivity index (χ2v) is 6.81. The van der Waals surface area contributed by atoms with E-state index in [4.69, 9.17) is 27.9 Å². The highest BCUT2D eigenvalue weighted by Gasteiger charge is 2.23. The van der Waals surface area contributed by atoms with Crippen molar-refractivity contribution in [1.82, 2.24) is 9.88 Å². The maximum absolute atomic E-state index is 10.3. The van der Waals surface area contributed by atoms with Crippen LogP contribution in [0.3, 0.4) is 0 Å². The maximum Gasteiger partial charge on any atom is 0.121 e. The number of likely N-dealkylation sites (tertiary alicyclic amines) is 1. The molecule has 0 aliphatic carbocycles. The van der Waals surface area contributed by atoms with Crippen LogP contribution in [0.1, 0.15) is 24.5 Å². The number of piperidine rings is 1. The van der Waals surface area contributed by atoms with Crippen LogP contribution >= 0.6 is 23.2 Å². The van der Waals surface area contributed by atoms with Gasteiger partial charge in [0.2, 0.25) is 0 Å². The van der Waals surface area contributed by atoms with Crippen molar-refractivity contribution >= 4 is 23.2 Å². The van der Waals surface area contributed by atoms with Crippen LogP contribution in [0.15, 0.2) is 42.7 Å². The molecule has 4 nitrogen and oxygen atoms in total. The molecule has 0 saturated carbocycles. The lowest BCUT2D eigenvalue weighted by Crippen LogP contribution is -2.40. The molecule has 0 radical (unpaired) electrons. The summed E-state index contributed by atoms with van der Waals surface area (Å²) in [6, 6.07) is 9.08. The molecule has 0 bridgehead atoms. The topological polar surface area (TPSA) is 45.6 Å². The minimum absolute atomic E-state index is 0.161. The standard InChI is InChI=1S/C18H20Cl2N2O2/c19-16-4-3-15(10-17(16)20)24-14-5-8-22(9-6-14)12-18(23)13-2-1-7-21-11-13/h1-4,7,10-11,14,18,23H,5-6,8-9,12H2. The quantitative estimate of drug-likeness (QED) is 0.869. The van der Waals surface area contributed by atoms with Crippen LogP contribution in [0.25, 0.3) is 0 Å². The SMILES string of the molecule is OC(CN1CCC(Oc2ccc(Cl)c(Cl)c2)CC1)c1cccnc1. The highest BCUT2D eigenvalue weighted by atomic mass is 35.5. The molecule has 0 spiro atoms. The summed E-state index contributed by atoms with van der Waals surface area (Å²) in [5.41, 5.74) is 0.853. The summed E-state index contributed by atoms with van der Waals surface area (Å²) in [4.78, 5) is 6.31. The third-order valence-electron chi connectivity index (χ3n) is 4.23. The Balaban J connectivity index is 1.48. The van der Waals surface area contributed by atoms with Crippen LogP contribution in [0.2, 0.25) is 10.0 Å². The van der Waals surface area contributed by atoms with Gasteiger partial charge in [0, 0.05) is 43.7 Å². The third-order valence-corrected chi connectivity index (χ3v) is 4.97. The molecule has 1 aliphatic heterocycles. The van der Waals surface area contributed by atoms with Crippen LogP contribution in [-0.4, -0.2) is 40.7 Å². The van der Waals surface area contributed by atoms with Crippen LogP contribution in [0, 0.1) is 0 Å². The van der Waals surface area contributed by atoms with Crippen molar-refractivity contribution in [3.05, 3.63) is 58.3 Å². The normalized spacial score (nSPS) is 17.6. The largest absolute Gasteiger partial charge is 0.490 e. The van der Waals surface area contributed by atoms with Gasteiger partial charge in [-0.15, -0.1) is 0 Å². The van der Waals surface area contributed by atoms with Gasteiger partial charge in [0.1, 0.15) is 11.9 Å². The lowest BCUT2D eigenvalue weighted by atomic mass is 10.1. The van der Waals surface area contributed by atoms with Gasteiger partial charge in [0.05, 0.1) is 16.1 Å². The van der Waals surface area contributed by atoms with E-state index in [2.05, 4.69) is 9.88 Å². The van der Waals surface area contributed by atoms with E-state index < -0.39 is 6.10 Å². The highest BCUT2D eigenvalue weighted by Crippen LogP contribution is 2.28. The average Bonchev–Trinajstić information content (AvgIpc) is 2.61. The van der Waals surface area contributed by atoms with E-state index in [-0.39, 0.29) is 6.10 Å². The monoisotopic (exact) mass is 366 g/mol. The molecule has 1 aromatic carbocycles. The summed E-state index contributed by atoms with van der Waals surface area (Å²) in [6.07, 6.45) is 4.91. The zero-order valence-corrected chi connectivity index (χ0v) is 14.7. The van der Waals surface area contributed by atoms with Gasteiger partial charge in [-0.2, -0.15) is 0 Å². The van der Waals surface area contributed by atoms with E-state index >= 15 is 0 Å². The second-order valence-electron chi connectivity index (χ2n) is 6.00. The Morgan fingerprint density at radius 2 is 2.00 bits per heavy atom. The van der Waals surface area contributed by atoms with Crippen molar-refractivity contribution in [2.75, 3.05) is 19.6 Å². The molecular weight excluding hydrogens is 347 g/mol.